The van der Waals surface area contributed by atoms with E-state index in [0.29, 0.717) is 19.4 Å². The molecule has 0 radical (unpaired) electrons. The van der Waals surface area contributed by atoms with Gasteiger partial charge in [-0.3, -0.25) is 4.79 Å². The normalized spacial score (nSPS) is 27.4. The van der Waals surface area contributed by atoms with E-state index in [2.05, 4.69) is 24.0 Å². The summed E-state index contributed by atoms with van der Waals surface area (Å²) in [7, 11) is 0. The fraction of sp³-hybridized carbons (Fsp3) is 0.400. The van der Waals surface area contributed by atoms with Crippen molar-refractivity contribution < 1.29 is 14.6 Å². The lowest BCUT2D eigenvalue weighted by Crippen LogP contribution is -2.50. The molecule has 156 valence electrons. The zero-order chi connectivity index (χ0) is 20.7. The molecule has 2 N–H and O–H groups in total. The molecular formula is C25H28N2O3. The molecular weight excluding hydrogens is 376 g/mol. The van der Waals surface area contributed by atoms with Gasteiger partial charge in [0.1, 0.15) is 6.23 Å². The van der Waals surface area contributed by atoms with Crippen molar-refractivity contribution in [2.75, 3.05) is 6.61 Å². The Morgan fingerprint density at radius 1 is 1.17 bits per heavy atom. The van der Waals surface area contributed by atoms with Crippen LogP contribution >= 0.6 is 0 Å². The number of carbonyl (C=O) groups excluding carboxylic acids is 1. The van der Waals surface area contributed by atoms with E-state index in [1.807, 2.05) is 53.4 Å². The highest BCUT2D eigenvalue weighted by Crippen LogP contribution is 2.45. The molecule has 0 bridgehead atoms. The van der Waals surface area contributed by atoms with Gasteiger partial charge in [-0.05, 0) is 41.8 Å². The minimum absolute atomic E-state index is 0.0164. The van der Waals surface area contributed by atoms with Gasteiger partial charge >= 0.3 is 0 Å². The Kier molecular flexibility index (Phi) is 5.09. The Bertz CT molecular complexity index is 998. The van der Waals surface area contributed by atoms with E-state index in [0.717, 1.165) is 28.6 Å². The number of nitrogens with one attached hydrogen (secondary N) is 1. The number of benzene rings is 2. The molecule has 2 aliphatic heterocycles. The molecule has 2 saturated heterocycles. The highest BCUT2D eigenvalue weighted by molar-refractivity contribution is 5.80. The second kappa shape index (κ2) is 7.89. The number of para-hydroxylation sites is 1. The first-order chi connectivity index (χ1) is 14.7. The zero-order valence-corrected chi connectivity index (χ0v) is 17.2. The van der Waals surface area contributed by atoms with Gasteiger partial charge in [0, 0.05) is 23.5 Å². The summed E-state index contributed by atoms with van der Waals surface area (Å²) in [4.78, 5) is 18.4. The summed E-state index contributed by atoms with van der Waals surface area (Å²) >= 11 is 0. The molecule has 1 aromatic heterocycles. The van der Waals surface area contributed by atoms with Crippen molar-refractivity contribution in [2.45, 2.75) is 44.6 Å². The largest absolute Gasteiger partial charge is 0.387 e. The highest BCUT2D eigenvalue weighted by Gasteiger charge is 2.49. The minimum atomic E-state index is -0.623. The molecule has 3 aromatic rings. The summed E-state index contributed by atoms with van der Waals surface area (Å²) in [5.74, 6) is 0.444. The van der Waals surface area contributed by atoms with E-state index >= 15 is 0 Å². The molecule has 0 aliphatic carbocycles. The maximum absolute atomic E-state index is 13.1. The number of hydrogen-bond acceptors (Lipinski definition) is 3. The number of rotatable bonds is 5. The van der Waals surface area contributed by atoms with Crippen molar-refractivity contribution in [3.05, 3.63) is 71.9 Å². The Hall–Kier alpha value is -2.63. The van der Waals surface area contributed by atoms with Gasteiger partial charge in [0.05, 0.1) is 18.8 Å². The van der Waals surface area contributed by atoms with Crippen LogP contribution < -0.4 is 0 Å². The maximum atomic E-state index is 13.1. The van der Waals surface area contributed by atoms with Crippen LogP contribution in [0.5, 0.6) is 0 Å². The lowest BCUT2D eigenvalue weighted by atomic mass is 9.78. The summed E-state index contributed by atoms with van der Waals surface area (Å²) in [6, 6.07) is 20.2. The number of nitrogens with zero attached hydrogens (tertiary/aromatic N) is 1. The number of aromatic amines is 1. The van der Waals surface area contributed by atoms with Crippen LogP contribution in [0.1, 0.15) is 49.6 Å². The zero-order valence-electron chi connectivity index (χ0n) is 17.2. The van der Waals surface area contributed by atoms with E-state index < -0.39 is 6.10 Å². The van der Waals surface area contributed by atoms with Crippen molar-refractivity contribution >= 4 is 16.8 Å². The number of ether oxygens (including phenoxy) is 1. The van der Waals surface area contributed by atoms with Gasteiger partial charge in [0.15, 0.2) is 0 Å². The summed E-state index contributed by atoms with van der Waals surface area (Å²) in [6.07, 6.45) is 1.10. The average molecular weight is 405 g/mol. The second-order valence-electron chi connectivity index (χ2n) is 8.55. The molecule has 5 rings (SSSR count). The summed E-state index contributed by atoms with van der Waals surface area (Å²) in [5.41, 5.74) is 2.96. The lowest BCUT2D eigenvalue weighted by Gasteiger charge is -2.42. The third kappa shape index (κ3) is 3.32. The SMILES string of the molecule is CC[C@H]1[C@H](CC(O)c2cc3ccccc3[nH]2)CC(=O)N2[C@@H]1OC[C@H]2c1ccccc1. The predicted molar refractivity (Wildman–Crippen MR) is 116 cm³/mol. The fourth-order valence-corrected chi connectivity index (χ4v) is 5.30. The van der Waals surface area contributed by atoms with Crippen LogP contribution in [0, 0.1) is 11.8 Å². The van der Waals surface area contributed by atoms with Gasteiger partial charge in [0.2, 0.25) is 5.91 Å². The van der Waals surface area contributed by atoms with Gasteiger partial charge in [-0.15, -0.1) is 0 Å². The first-order valence-electron chi connectivity index (χ1n) is 10.9. The van der Waals surface area contributed by atoms with Crippen LogP contribution in [0.2, 0.25) is 0 Å². The molecule has 1 unspecified atom stereocenters. The van der Waals surface area contributed by atoms with Crippen molar-refractivity contribution in [2.24, 2.45) is 11.8 Å². The van der Waals surface area contributed by atoms with Gasteiger partial charge in [-0.1, -0.05) is 55.5 Å². The van der Waals surface area contributed by atoms with Gasteiger partial charge in [-0.2, -0.15) is 0 Å². The van der Waals surface area contributed by atoms with Crippen LogP contribution in [0.25, 0.3) is 10.9 Å². The fourth-order valence-electron chi connectivity index (χ4n) is 5.30. The predicted octanol–water partition coefficient (Wildman–Crippen LogP) is 4.56. The number of piperidine rings is 1. The van der Waals surface area contributed by atoms with E-state index in [1.165, 1.54) is 0 Å². The third-order valence-electron chi connectivity index (χ3n) is 6.82. The molecule has 30 heavy (non-hydrogen) atoms. The van der Waals surface area contributed by atoms with Gasteiger partial charge in [-0.25, -0.2) is 0 Å². The van der Waals surface area contributed by atoms with Crippen molar-refractivity contribution in [1.82, 2.24) is 9.88 Å². The van der Waals surface area contributed by atoms with Crippen LogP contribution in [0.4, 0.5) is 0 Å². The maximum Gasteiger partial charge on any atom is 0.225 e. The lowest BCUT2D eigenvalue weighted by molar-refractivity contribution is -0.154. The van der Waals surface area contributed by atoms with E-state index in [4.69, 9.17) is 4.74 Å². The van der Waals surface area contributed by atoms with E-state index in [-0.39, 0.29) is 30.0 Å². The monoisotopic (exact) mass is 404 g/mol. The first kappa shape index (κ1) is 19.3. The first-order valence-corrected chi connectivity index (χ1v) is 10.9. The van der Waals surface area contributed by atoms with E-state index in [1.54, 1.807) is 0 Å². The number of carbonyl (C=O) groups is 1. The Morgan fingerprint density at radius 3 is 2.70 bits per heavy atom. The molecule has 5 atom stereocenters. The topological polar surface area (TPSA) is 65.6 Å². The molecule has 0 saturated carbocycles. The standard InChI is InChI=1S/C25H28N2O3/c1-2-19-18(13-23(28)21-12-17-10-6-7-11-20(17)26-21)14-24(29)27-22(15-30-25(19)27)16-8-4-3-5-9-16/h3-12,18-19,22-23,25-26,28H,2,13-15H2,1H3/t18-,19+,22+,23?,25-/m1/s1. The number of aliphatic hydroxyl groups is 1. The summed E-state index contributed by atoms with van der Waals surface area (Å²) < 4.78 is 6.18. The number of hydrogen-bond donors (Lipinski definition) is 2. The van der Waals surface area contributed by atoms with Crippen molar-refractivity contribution in [3.63, 3.8) is 0 Å². The quantitative estimate of drug-likeness (QED) is 0.655. The summed E-state index contributed by atoms with van der Waals surface area (Å²) in [6.45, 7) is 2.69. The Labute approximate surface area is 176 Å². The Balaban J connectivity index is 1.35. The van der Waals surface area contributed by atoms with Crippen LogP contribution in [0.3, 0.4) is 0 Å². The summed E-state index contributed by atoms with van der Waals surface area (Å²) in [5, 5.41) is 12.0. The molecule has 5 heteroatoms. The van der Waals surface area contributed by atoms with Crippen LogP contribution in [0.15, 0.2) is 60.7 Å². The van der Waals surface area contributed by atoms with Crippen molar-refractivity contribution in [1.29, 1.82) is 0 Å². The molecule has 2 fully saturated rings. The molecule has 1 amide bonds. The molecule has 2 aromatic carbocycles. The number of aromatic nitrogens is 1. The smallest absolute Gasteiger partial charge is 0.225 e. The van der Waals surface area contributed by atoms with Gasteiger partial charge < -0.3 is 19.7 Å². The highest BCUT2D eigenvalue weighted by atomic mass is 16.5. The molecule has 2 aliphatic rings. The van der Waals surface area contributed by atoms with Crippen LogP contribution in [-0.4, -0.2) is 33.7 Å². The van der Waals surface area contributed by atoms with Crippen molar-refractivity contribution in [3.8, 4) is 0 Å². The number of amides is 1. The molecule has 5 nitrogen and oxygen atoms in total. The van der Waals surface area contributed by atoms with Crippen LogP contribution in [-0.2, 0) is 9.53 Å². The average Bonchev–Trinajstić information content (AvgIpc) is 3.40. The number of H-pyrrole nitrogens is 1. The molecule has 3 heterocycles. The minimum Gasteiger partial charge on any atom is -0.387 e. The molecule has 0 spiro atoms. The number of fused-ring (bicyclic) bond motifs is 2. The number of aliphatic hydroxyl groups excluding tert-OH is 1. The Morgan fingerprint density at radius 2 is 1.93 bits per heavy atom. The van der Waals surface area contributed by atoms with E-state index in [9.17, 15) is 9.90 Å². The van der Waals surface area contributed by atoms with Gasteiger partial charge in [0.25, 0.3) is 0 Å². The third-order valence-corrected chi connectivity index (χ3v) is 6.82. The second-order valence-corrected chi connectivity index (χ2v) is 8.55.